The summed E-state index contributed by atoms with van der Waals surface area (Å²) >= 11 is 0. The van der Waals surface area contributed by atoms with Gasteiger partial charge in [0, 0.05) is 19.5 Å². The van der Waals surface area contributed by atoms with E-state index in [0.717, 1.165) is 5.56 Å². The smallest absolute Gasteiger partial charge is 0.408 e. The molecule has 136 valence electrons. The molecule has 1 fully saturated rings. The Morgan fingerprint density at radius 2 is 1.88 bits per heavy atom. The zero-order chi connectivity index (χ0) is 18.1. The summed E-state index contributed by atoms with van der Waals surface area (Å²) in [5.74, 6) is -1.35. The lowest BCUT2D eigenvalue weighted by molar-refractivity contribution is -0.140. The van der Waals surface area contributed by atoms with E-state index in [1.54, 1.807) is 17.0 Å². The number of nitrogens with one attached hydrogen (secondary N) is 1. The Kier molecular flexibility index (Phi) is 7.21. The van der Waals surface area contributed by atoms with E-state index >= 15 is 0 Å². The molecule has 8 heteroatoms. The van der Waals surface area contributed by atoms with Crippen LogP contribution in [-0.4, -0.2) is 60.3 Å². The van der Waals surface area contributed by atoms with E-state index in [4.69, 9.17) is 9.47 Å². The predicted octanol–water partition coefficient (Wildman–Crippen LogP) is 1.01. The van der Waals surface area contributed by atoms with Gasteiger partial charge in [-0.15, -0.1) is 0 Å². The third kappa shape index (κ3) is 6.42. The van der Waals surface area contributed by atoms with Crippen LogP contribution in [0.3, 0.4) is 0 Å². The summed E-state index contributed by atoms with van der Waals surface area (Å²) in [6, 6.07) is 7.89. The molecule has 2 amide bonds. The van der Waals surface area contributed by atoms with Gasteiger partial charge < -0.3 is 24.8 Å². The summed E-state index contributed by atoms with van der Waals surface area (Å²) in [6.45, 7) is 2.02. The van der Waals surface area contributed by atoms with Gasteiger partial charge >= 0.3 is 12.1 Å². The van der Waals surface area contributed by atoms with E-state index in [1.807, 2.05) is 18.2 Å². The van der Waals surface area contributed by atoms with Crippen LogP contribution in [0.15, 0.2) is 30.3 Å². The van der Waals surface area contributed by atoms with E-state index in [-0.39, 0.29) is 25.4 Å². The first-order chi connectivity index (χ1) is 12.1. The Morgan fingerprint density at radius 1 is 1.20 bits per heavy atom. The lowest BCUT2D eigenvalue weighted by Crippen LogP contribution is -2.44. The summed E-state index contributed by atoms with van der Waals surface area (Å²) in [6.07, 6.45) is -0.780. The highest BCUT2D eigenvalue weighted by Crippen LogP contribution is 2.06. The largest absolute Gasteiger partial charge is 0.480 e. The first-order valence-electron chi connectivity index (χ1n) is 8.12. The number of carboxylic acid groups (broad SMARTS) is 1. The number of hydrogen-bond donors (Lipinski definition) is 2. The van der Waals surface area contributed by atoms with Crippen molar-refractivity contribution in [3.63, 3.8) is 0 Å². The fourth-order valence-corrected chi connectivity index (χ4v) is 2.40. The average Bonchev–Trinajstić information content (AvgIpc) is 2.64. The second-order valence-corrected chi connectivity index (χ2v) is 5.63. The standard InChI is InChI=1S/C17H22N2O6/c20-15(19-8-10-24-11-9-19)7-6-14(16(21)22)18-17(23)25-12-13-4-2-1-3-5-13/h1-5,14H,6-12H2,(H,18,23)(H,21,22). The first kappa shape index (κ1) is 18.7. The predicted molar refractivity (Wildman–Crippen MR) is 87.8 cm³/mol. The number of carbonyl (C=O) groups is 3. The highest BCUT2D eigenvalue weighted by molar-refractivity contribution is 5.81. The number of aliphatic carboxylic acids is 1. The van der Waals surface area contributed by atoms with E-state index in [9.17, 15) is 19.5 Å². The summed E-state index contributed by atoms with van der Waals surface area (Å²) in [4.78, 5) is 36.7. The van der Waals surface area contributed by atoms with E-state index in [1.165, 1.54) is 0 Å². The SMILES string of the molecule is O=C(NC(CCC(=O)N1CCOCC1)C(=O)O)OCc1ccccc1. The fourth-order valence-electron chi connectivity index (χ4n) is 2.40. The Hall–Kier alpha value is -2.61. The van der Waals surface area contributed by atoms with Crippen LogP contribution in [0, 0.1) is 0 Å². The maximum atomic E-state index is 12.1. The van der Waals surface area contributed by atoms with Crippen LogP contribution >= 0.6 is 0 Å². The zero-order valence-electron chi connectivity index (χ0n) is 13.8. The van der Waals surface area contributed by atoms with Crippen LogP contribution in [0.1, 0.15) is 18.4 Å². The van der Waals surface area contributed by atoms with Crippen molar-refractivity contribution in [3.8, 4) is 0 Å². The molecule has 0 aliphatic carbocycles. The normalized spacial score (nSPS) is 15.3. The molecule has 1 atom stereocenters. The molecule has 0 spiro atoms. The van der Waals surface area contributed by atoms with Crippen LogP contribution in [0.5, 0.6) is 0 Å². The zero-order valence-corrected chi connectivity index (χ0v) is 13.8. The van der Waals surface area contributed by atoms with Crippen LogP contribution < -0.4 is 5.32 Å². The lowest BCUT2D eigenvalue weighted by Gasteiger charge is -2.27. The lowest BCUT2D eigenvalue weighted by atomic mass is 10.1. The van der Waals surface area contributed by atoms with Crippen molar-refractivity contribution >= 4 is 18.0 Å². The third-order valence-electron chi connectivity index (χ3n) is 3.81. The van der Waals surface area contributed by atoms with Gasteiger partial charge in [-0.05, 0) is 12.0 Å². The molecule has 1 unspecified atom stereocenters. The molecular formula is C17H22N2O6. The van der Waals surface area contributed by atoms with Crippen LogP contribution in [0.2, 0.25) is 0 Å². The van der Waals surface area contributed by atoms with Gasteiger partial charge in [0.1, 0.15) is 12.6 Å². The Balaban J connectivity index is 1.76. The summed E-state index contributed by atoms with van der Waals surface area (Å²) in [5, 5.41) is 11.5. The van der Waals surface area contributed by atoms with Gasteiger partial charge in [0.15, 0.2) is 0 Å². The Morgan fingerprint density at radius 3 is 2.52 bits per heavy atom. The maximum Gasteiger partial charge on any atom is 0.408 e. The van der Waals surface area contributed by atoms with Crippen molar-refractivity contribution in [2.24, 2.45) is 0 Å². The Bertz CT molecular complexity index is 586. The molecule has 25 heavy (non-hydrogen) atoms. The van der Waals surface area contributed by atoms with E-state index < -0.39 is 18.1 Å². The number of ether oxygens (including phenoxy) is 2. The molecule has 2 N–H and O–H groups in total. The molecule has 1 aliphatic rings. The van der Waals surface area contributed by atoms with Gasteiger partial charge in [-0.1, -0.05) is 30.3 Å². The number of alkyl carbamates (subject to hydrolysis) is 1. The second kappa shape index (κ2) is 9.63. The number of hydrogen-bond acceptors (Lipinski definition) is 5. The summed E-state index contributed by atoms with van der Waals surface area (Å²) < 4.78 is 10.2. The third-order valence-corrected chi connectivity index (χ3v) is 3.81. The second-order valence-electron chi connectivity index (χ2n) is 5.63. The molecule has 0 bridgehead atoms. The van der Waals surface area contributed by atoms with Crippen LogP contribution in [0.4, 0.5) is 4.79 Å². The van der Waals surface area contributed by atoms with Crippen molar-refractivity contribution in [1.82, 2.24) is 10.2 Å². The van der Waals surface area contributed by atoms with Crippen molar-refractivity contribution in [2.75, 3.05) is 26.3 Å². The van der Waals surface area contributed by atoms with Gasteiger partial charge in [-0.2, -0.15) is 0 Å². The number of rotatable bonds is 7. The fraction of sp³-hybridized carbons (Fsp3) is 0.471. The maximum absolute atomic E-state index is 12.1. The van der Waals surface area contributed by atoms with Crippen molar-refractivity contribution in [3.05, 3.63) is 35.9 Å². The minimum absolute atomic E-state index is 0.00591. The number of morpholine rings is 1. The number of carboxylic acids is 1. The van der Waals surface area contributed by atoms with Crippen molar-refractivity contribution < 1.29 is 29.0 Å². The van der Waals surface area contributed by atoms with E-state index in [2.05, 4.69) is 5.32 Å². The molecule has 1 aromatic carbocycles. The molecule has 0 saturated carbocycles. The van der Waals surface area contributed by atoms with Gasteiger partial charge in [0.25, 0.3) is 0 Å². The van der Waals surface area contributed by atoms with Crippen LogP contribution in [-0.2, 0) is 25.7 Å². The number of carbonyl (C=O) groups excluding carboxylic acids is 2. The molecule has 2 rings (SSSR count). The Labute approximate surface area is 145 Å². The van der Waals surface area contributed by atoms with Gasteiger partial charge in [-0.25, -0.2) is 9.59 Å². The topological polar surface area (TPSA) is 105 Å². The van der Waals surface area contributed by atoms with Gasteiger partial charge in [0.05, 0.1) is 13.2 Å². The van der Waals surface area contributed by atoms with Crippen molar-refractivity contribution in [1.29, 1.82) is 0 Å². The molecule has 8 nitrogen and oxygen atoms in total. The number of amides is 2. The summed E-state index contributed by atoms with van der Waals surface area (Å²) in [7, 11) is 0. The average molecular weight is 350 g/mol. The molecule has 0 aromatic heterocycles. The van der Waals surface area contributed by atoms with Gasteiger partial charge in [-0.3, -0.25) is 4.79 Å². The van der Waals surface area contributed by atoms with E-state index in [0.29, 0.717) is 26.3 Å². The molecule has 1 saturated heterocycles. The molecule has 1 heterocycles. The first-order valence-corrected chi connectivity index (χ1v) is 8.12. The minimum atomic E-state index is -1.20. The number of nitrogens with zero attached hydrogens (tertiary/aromatic N) is 1. The van der Waals surface area contributed by atoms with Crippen molar-refractivity contribution in [2.45, 2.75) is 25.5 Å². The highest BCUT2D eigenvalue weighted by Gasteiger charge is 2.24. The molecule has 1 aliphatic heterocycles. The highest BCUT2D eigenvalue weighted by atomic mass is 16.5. The molecule has 0 radical (unpaired) electrons. The van der Waals surface area contributed by atoms with Crippen LogP contribution in [0.25, 0.3) is 0 Å². The monoisotopic (exact) mass is 350 g/mol. The summed E-state index contributed by atoms with van der Waals surface area (Å²) in [5.41, 5.74) is 0.798. The molecular weight excluding hydrogens is 328 g/mol. The number of benzene rings is 1. The quantitative estimate of drug-likeness (QED) is 0.760. The van der Waals surface area contributed by atoms with Gasteiger partial charge in [0.2, 0.25) is 5.91 Å². The molecule has 1 aromatic rings. The minimum Gasteiger partial charge on any atom is -0.480 e.